The van der Waals surface area contributed by atoms with Crippen LogP contribution in [0.2, 0.25) is 6.32 Å². The summed E-state index contributed by atoms with van der Waals surface area (Å²) in [5, 5.41) is 43.6. The first-order chi connectivity index (χ1) is 12.9. The Hall–Kier alpha value is -3.12. The van der Waals surface area contributed by atoms with Crippen LogP contribution in [0.3, 0.4) is 0 Å². The zero-order chi connectivity index (χ0) is 19.6. The Morgan fingerprint density at radius 2 is 2.07 bits per heavy atom. The van der Waals surface area contributed by atoms with Gasteiger partial charge in [0.2, 0.25) is 5.82 Å². The summed E-state index contributed by atoms with van der Waals surface area (Å²) in [6.45, 7) is 0.456. The molecule has 3 rings (SSSR count). The first kappa shape index (κ1) is 18.7. The Labute approximate surface area is 153 Å². The van der Waals surface area contributed by atoms with E-state index in [1.54, 1.807) is 0 Å². The Bertz CT molecular complexity index is 837. The predicted molar refractivity (Wildman–Crippen MR) is 90.5 cm³/mol. The fourth-order valence-corrected chi connectivity index (χ4v) is 2.72. The van der Waals surface area contributed by atoms with Gasteiger partial charge in [0.25, 0.3) is 5.91 Å². The van der Waals surface area contributed by atoms with Crippen molar-refractivity contribution in [2.24, 2.45) is 0 Å². The van der Waals surface area contributed by atoms with E-state index in [4.69, 9.17) is 14.8 Å². The summed E-state index contributed by atoms with van der Waals surface area (Å²) in [6, 6.07) is 2.87. The van der Waals surface area contributed by atoms with E-state index in [1.807, 2.05) is 0 Å². The first-order valence-corrected chi connectivity index (χ1v) is 8.12. The van der Waals surface area contributed by atoms with Gasteiger partial charge in [-0.25, -0.2) is 9.78 Å². The van der Waals surface area contributed by atoms with Crippen LogP contribution in [0.5, 0.6) is 11.5 Å². The van der Waals surface area contributed by atoms with Gasteiger partial charge in [-0.05, 0) is 24.4 Å². The number of aromatic carboxylic acids is 1. The average molecular weight is 376 g/mol. The molecule has 0 radical (unpaired) electrons. The van der Waals surface area contributed by atoms with Crippen LogP contribution >= 0.6 is 0 Å². The number of nitrogens with zero attached hydrogens (tertiary/aromatic N) is 3. The number of carboxylic acid groups (broad SMARTS) is 1. The van der Waals surface area contributed by atoms with Crippen molar-refractivity contribution < 1.29 is 34.6 Å². The number of carbonyl (C=O) groups is 2. The van der Waals surface area contributed by atoms with Crippen LogP contribution in [0.25, 0.3) is 0 Å². The Balaban J connectivity index is 1.67. The number of aromatic amines is 1. The largest absolute Gasteiger partial charge is 0.507 e. The van der Waals surface area contributed by atoms with Gasteiger partial charge < -0.3 is 29.9 Å². The number of ether oxygens (including phenoxy) is 1. The minimum atomic E-state index is -1.56. The lowest BCUT2D eigenvalue weighted by Crippen LogP contribution is -2.56. The van der Waals surface area contributed by atoms with Crippen LogP contribution in [0.4, 0.5) is 0 Å². The van der Waals surface area contributed by atoms with Crippen LogP contribution in [-0.4, -0.2) is 78.5 Å². The summed E-state index contributed by atoms with van der Waals surface area (Å²) in [4.78, 5) is 28.8. The normalized spacial score (nSPS) is 13.9. The molecule has 1 aromatic carbocycles. The number of rotatable bonds is 7. The molecule has 27 heavy (non-hydrogen) atoms. The van der Waals surface area contributed by atoms with Crippen molar-refractivity contribution in [1.82, 2.24) is 20.1 Å². The molecule has 5 N–H and O–H groups in total. The number of carbonyl (C=O) groups excluding carboxylic acids is 1. The molecule has 0 aliphatic carbocycles. The number of aromatic hydroxyl groups is 1. The average Bonchev–Trinajstić information content (AvgIpc) is 3.10. The van der Waals surface area contributed by atoms with Gasteiger partial charge in [0.15, 0.2) is 0 Å². The second kappa shape index (κ2) is 7.64. The summed E-state index contributed by atoms with van der Waals surface area (Å²) >= 11 is 0. The smallest absolute Gasteiger partial charge is 0.451 e. The minimum absolute atomic E-state index is 0.0247. The maximum Gasteiger partial charge on any atom is 0.451 e. The SMILES string of the molecule is O=C(O)c1c(OC2CN(C(=O)c3nc[nH]n3)C2)ccc(CCB(O)O)c1O. The van der Waals surface area contributed by atoms with Crippen LogP contribution in [0.1, 0.15) is 26.5 Å². The molecule has 1 fully saturated rings. The lowest BCUT2D eigenvalue weighted by Gasteiger charge is -2.38. The molecular formula is C15H17BN4O7. The number of H-pyrrole nitrogens is 1. The number of benzene rings is 1. The first-order valence-electron chi connectivity index (χ1n) is 8.12. The maximum absolute atomic E-state index is 12.0. The minimum Gasteiger partial charge on any atom is -0.507 e. The van der Waals surface area contributed by atoms with E-state index >= 15 is 0 Å². The van der Waals surface area contributed by atoms with Crippen molar-refractivity contribution in [1.29, 1.82) is 0 Å². The van der Waals surface area contributed by atoms with E-state index < -0.39 is 30.5 Å². The van der Waals surface area contributed by atoms with Gasteiger partial charge in [-0.15, -0.1) is 5.10 Å². The maximum atomic E-state index is 12.0. The highest BCUT2D eigenvalue weighted by atomic mass is 16.5. The summed E-state index contributed by atoms with van der Waals surface area (Å²) in [5.74, 6) is -2.21. The number of carboxylic acids is 1. The van der Waals surface area contributed by atoms with Crippen molar-refractivity contribution in [2.45, 2.75) is 18.8 Å². The van der Waals surface area contributed by atoms with E-state index in [-0.39, 0.29) is 48.9 Å². The van der Waals surface area contributed by atoms with Gasteiger partial charge in [0.1, 0.15) is 29.5 Å². The molecule has 12 heteroatoms. The number of hydrogen-bond donors (Lipinski definition) is 5. The number of nitrogens with one attached hydrogen (secondary N) is 1. The van der Waals surface area contributed by atoms with E-state index in [0.29, 0.717) is 0 Å². The zero-order valence-electron chi connectivity index (χ0n) is 14.1. The van der Waals surface area contributed by atoms with Crippen LogP contribution in [0.15, 0.2) is 18.5 Å². The van der Waals surface area contributed by atoms with E-state index in [9.17, 15) is 19.8 Å². The Morgan fingerprint density at radius 3 is 2.67 bits per heavy atom. The van der Waals surface area contributed by atoms with Crippen LogP contribution < -0.4 is 4.74 Å². The summed E-state index contributed by atoms with van der Waals surface area (Å²) in [7, 11) is -1.56. The summed E-state index contributed by atoms with van der Waals surface area (Å²) in [5.41, 5.74) is -0.137. The highest BCUT2D eigenvalue weighted by Gasteiger charge is 2.35. The molecule has 0 atom stereocenters. The molecule has 11 nitrogen and oxygen atoms in total. The second-order valence-electron chi connectivity index (χ2n) is 6.04. The fraction of sp³-hybridized carbons (Fsp3) is 0.333. The molecule has 0 saturated carbocycles. The molecule has 1 saturated heterocycles. The van der Waals surface area contributed by atoms with Gasteiger partial charge in [0.05, 0.1) is 13.1 Å². The highest BCUT2D eigenvalue weighted by Crippen LogP contribution is 2.34. The molecular weight excluding hydrogens is 359 g/mol. The molecule has 1 aliphatic heterocycles. The molecule has 1 aliphatic rings. The van der Waals surface area contributed by atoms with Crippen molar-refractivity contribution in [3.05, 3.63) is 35.4 Å². The number of phenols is 1. The van der Waals surface area contributed by atoms with Crippen molar-refractivity contribution in [3.8, 4) is 11.5 Å². The van der Waals surface area contributed by atoms with Gasteiger partial charge in [0, 0.05) is 0 Å². The zero-order valence-corrected chi connectivity index (χ0v) is 14.1. The molecule has 2 heterocycles. The summed E-state index contributed by atoms with van der Waals surface area (Å²) < 4.78 is 5.62. The van der Waals surface area contributed by atoms with Crippen molar-refractivity contribution in [2.75, 3.05) is 13.1 Å². The van der Waals surface area contributed by atoms with Crippen molar-refractivity contribution in [3.63, 3.8) is 0 Å². The molecule has 0 bridgehead atoms. The van der Waals surface area contributed by atoms with E-state index in [2.05, 4.69) is 15.2 Å². The van der Waals surface area contributed by atoms with E-state index in [0.717, 1.165) is 0 Å². The number of likely N-dealkylation sites (tertiary alicyclic amines) is 1. The molecule has 2 aromatic rings. The Kier molecular flexibility index (Phi) is 5.28. The van der Waals surface area contributed by atoms with Gasteiger partial charge in [-0.2, -0.15) is 0 Å². The molecule has 1 amide bonds. The lowest BCUT2D eigenvalue weighted by molar-refractivity contribution is 0.0160. The third-order valence-corrected chi connectivity index (χ3v) is 4.14. The topological polar surface area (TPSA) is 169 Å². The van der Waals surface area contributed by atoms with Gasteiger partial charge >= 0.3 is 13.1 Å². The Morgan fingerprint density at radius 1 is 1.33 bits per heavy atom. The molecule has 1 aromatic heterocycles. The molecule has 142 valence electrons. The second-order valence-corrected chi connectivity index (χ2v) is 6.04. The standard InChI is InChI=1S/C15H17BN4O7/c21-12-8(3-4-16(25)26)1-2-10(11(12)15(23)24)27-9-5-20(6-9)14(22)13-17-7-18-19-13/h1-2,7,9,21,25-26H,3-6H2,(H,23,24)(H,17,18,19). The monoisotopic (exact) mass is 376 g/mol. The molecule has 0 spiro atoms. The number of aromatic nitrogens is 3. The number of aryl methyl sites for hydroxylation is 1. The van der Waals surface area contributed by atoms with Crippen molar-refractivity contribution >= 4 is 19.0 Å². The highest BCUT2D eigenvalue weighted by molar-refractivity contribution is 6.41. The van der Waals surface area contributed by atoms with Crippen LogP contribution in [-0.2, 0) is 6.42 Å². The van der Waals surface area contributed by atoms with Gasteiger partial charge in [-0.3, -0.25) is 9.89 Å². The lowest BCUT2D eigenvalue weighted by atomic mass is 9.82. The molecule has 0 unspecified atom stereocenters. The predicted octanol–water partition coefficient (Wildman–Crippen LogP) is -0.873. The summed E-state index contributed by atoms with van der Waals surface area (Å²) in [6.07, 6.45) is 0.899. The van der Waals surface area contributed by atoms with Gasteiger partial charge in [-0.1, -0.05) is 6.07 Å². The van der Waals surface area contributed by atoms with Crippen LogP contribution in [0, 0.1) is 0 Å². The quantitative estimate of drug-likeness (QED) is 0.386. The third kappa shape index (κ3) is 4.01. The van der Waals surface area contributed by atoms with E-state index in [1.165, 1.54) is 23.4 Å². The fourth-order valence-electron chi connectivity index (χ4n) is 2.72. The number of amides is 1. The number of hydrogen-bond acceptors (Lipinski definition) is 8. The third-order valence-electron chi connectivity index (χ3n) is 4.14.